The summed E-state index contributed by atoms with van der Waals surface area (Å²) in [7, 11) is 0. The van der Waals surface area contributed by atoms with E-state index in [9.17, 15) is 18.0 Å². The van der Waals surface area contributed by atoms with Crippen molar-refractivity contribution in [3.05, 3.63) is 54.1 Å². The van der Waals surface area contributed by atoms with Crippen LogP contribution in [-0.4, -0.2) is 41.6 Å². The van der Waals surface area contributed by atoms with Gasteiger partial charge in [0, 0.05) is 18.5 Å². The molecule has 1 aliphatic rings. The van der Waals surface area contributed by atoms with Crippen LogP contribution in [0.25, 0.3) is 0 Å². The predicted molar refractivity (Wildman–Crippen MR) is 77.6 cm³/mol. The van der Waals surface area contributed by atoms with Gasteiger partial charge in [-0.25, -0.2) is 4.39 Å². The van der Waals surface area contributed by atoms with Crippen LogP contribution in [-0.2, 0) is 0 Å². The van der Waals surface area contributed by atoms with Crippen molar-refractivity contribution in [2.75, 3.05) is 13.1 Å². The fourth-order valence-corrected chi connectivity index (χ4v) is 2.30. The van der Waals surface area contributed by atoms with Crippen LogP contribution in [0.2, 0.25) is 0 Å². The van der Waals surface area contributed by atoms with Crippen LogP contribution in [0.5, 0.6) is 11.5 Å². The van der Waals surface area contributed by atoms with E-state index in [1.807, 2.05) is 0 Å². The predicted octanol–water partition coefficient (Wildman–Crippen LogP) is 2.73. The molecule has 8 heteroatoms. The molecule has 1 aliphatic heterocycles. The van der Waals surface area contributed by atoms with Crippen molar-refractivity contribution < 1.29 is 27.4 Å². The summed E-state index contributed by atoms with van der Waals surface area (Å²) in [6.45, 7) is -2.42. The molecule has 2 aromatic rings. The second-order valence-electron chi connectivity index (χ2n) is 5.15. The fraction of sp³-hybridized carbons (Fsp3) is 0.250. The van der Waals surface area contributed by atoms with Gasteiger partial charge in [0.15, 0.2) is 0 Å². The third-order valence-electron chi connectivity index (χ3n) is 3.48. The van der Waals surface area contributed by atoms with Crippen LogP contribution in [0, 0.1) is 5.82 Å². The lowest BCUT2D eigenvalue weighted by Crippen LogP contribution is -2.56. The number of benzene rings is 1. The molecule has 0 N–H and O–H groups in total. The highest BCUT2D eigenvalue weighted by atomic mass is 19.3. The molecule has 24 heavy (non-hydrogen) atoms. The summed E-state index contributed by atoms with van der Waals surface area (Å²) >= 11 is 0. The number of ether oxygens (including phenoxy) is 2. The summed E-state index contributed by atoms with van der Waals surface area (Å²) in [4.78, 5) is 17.5. The van der Waals surface area contributed by atoms with Crippen molar-refractivity contribution in [2.24, 2.45) is 0 Å². The van der Waals surface area contributed by atoms with Crippen molar-refractivity contribution in [1.82, 2.24) is 9.88 Å². The molecule has 0 unspecified atom stereocenters. The normalized spacial score (nSPS) is 14.4. The molecular weight excluding hydrogens is 325 g/mol. The molecule has 1 aromatic heterocycles. The second kappa shape index (κ2) is 6.77. The second-order valence-corrected chi connectivity index (χ2v) is 5.15. The first kappa shape index (κ1) is 16.1. The first-order valence-electron chi connectivity index (χ1n) is 7.13. The smallest absolute Gasteiger partial charge is 0.387 e. The maximum atomic E-state index is 13.9. The molecule has 3 rings (SSSR count). The van der Waals surface area contributed by atoms with Gasteiger partial charge in [0.2, 0.25) is 0 Å². The highest BCUT2D eigenvalue weighted by Crippen LogP contribution is 2.23. The molecule has 2 heterocycles. The van der Waals surface area contributed by atoms with E-state index in [2.05, 4.69) is 9.72 Å². The van der Waals surface area contributed by atoms with Crippen LogP contribution in [0.1, 0.15) is 10.4 Å². The number of hydrogen-bond acceptors (Lipinski definition) is 4. The summed E-state index contributed by atoms with van der Waals surface area (Å²) in [6.07, 6.45) is 3.01. The van der Waals surface area contributed by atoms with E-state index >= 15 is 0 Å². The number of hydrogen-bond donors (Lipinski definition) is 0. The average molecular weight is 338 g/mol. The van der Waals surface area contributed by atoms with Crippen LogP contribution in [0.15, 0.2) is 42.7 Å². The Morgan fingerprint density at radius 1 is 1.17 bits per heavy atom. The van der Waals surface area contributed by atoms with Gasteiger partial charge in [0.25, 0.3) is 5.91 Å². The summed E-state index contributed by atoms with van der Waals surface area (Å²) in [5, 5.41) is 0. The van der Waals surface area contributed by atoms with Crippen molar-refractivity contribution in [3.8, 4) is 11.5 Å². The first-order chi connectivity index (χ1) is 11.5. The van der Waals surface area contributed by atoms with E-state index in [0.717, 1.165) is 18.2 Å². The number of aromatic nitrogens is 1. The highest BCUT2D eigenvalue weighted by Gasteiger charge is 2.34. The Kier molecular flexibility index (Phi) is 4.54. The molecular formula is C16H13F3N2O3. The molecule has 0 saturated carbocycles. The van der Waals surface area contributed by atoms with Crippen LogP contribution < -0.4 is 9.47 Å². The van der Waals surface area contributed by atoms with Crippen molar-refractivity contribution >= 4 is 5.91 Å². The Hall–Kier alpha value is -2.77. The minimum Gasteiger partial charge on any atom is -0.487 e. The number of nitrogens with zero attached hydrogens (tertiary/aromatic N) is 2. The third-order valence-corrected chi connectivity index (χ3v) is 3.48. The number of likely N-dealkylation sites (tertiary alicyclic amines) is 1. The molecule has 0 radical (unpaired) electrons. The minimum atomic E-state index is -3.05. The van der Waals surface area contributed by atoms with Gasteiger partial charge in [-0.15, -0.1) is 0 Å². The molecule has 1 amide bonds. The molecule has 1 saturated heterocycles. The Morgan fingerprint density at radius 2 is 1.88 bits per heavy atom. The first-order valence-corrected chi connectivity index (χ1v) is 7.13. The van der Waals surface area contributed by atoms with E-state index in [4.69, 9.17) is 4.74 Å². The number of alkyl halides is 2. The zero-order valence-electron chi connectivity index (χ0n) is 12.4. The Labute approximate surface area is 135 Å². The van der Waals surface area contributed by atoms with Crippen molar-refractivity contribution in [3.63, 3.8) is 0 Å². The third kappa shape index (κ3) is 3.58. The summed E-state index contributed by atoms with van der Waals surface area (Å²) < 4.78 is 47.8. The van der Waals surface area contributed by atoms with E-state index in [0.29, 0.717) is 18.8 Å². The van der Waals surface area contributed by atoms with Crippen molar-refractivity contribution in [2.45, 2.75) is 12.7 Å². The number of carbonyl (C=O) groups is 1. The molecule has 5 nitrogen and oxygen atoms in total. The Morgan fingerprint density at radius 3 is 2.50 bits per heavy atom. The zero-order valence-corrected chi connectivity index (χ0v) is 12.4. The SMILES string of the molecule is O=C(c1ccc(OC(F)F)cc1F)N1CC(Oc2ccncc2)C1. The number of halogens is 3. The Bertz CT molecular complexity index is 722. The lowest BCUT2D eigenvalue weighted by molar-refractivity contribution is -0.0500. The van der Waals surface area contributed by atoms with Gasteiger partial charge in [-0.05, 0) is 24.3 Å². The summed E-state index contributed by atoms with van der Waals surface area (Å²) in [5.41, 5.74) is -0.195. The van der Waals surface area contributed by atoms with Crippen LogP contribution in [0.4, 0.5) is 13.2 Å². The van der Waals surface area contributed by atoms with Crippen LogP contribution in [0.3, 0.4) is 0 Å². The van der Waals surface area contributed by atoms with E-state index in [-0.39, 0.29) is 17.4 Å². The van der Waals surface area contributed by atoms with Gasteiger partial charge in [0.1, 0.15) is 23.4 Å². The number of carbonyl (C=O) groups excluding carboxylic acids is 1. The number of rotatable bonds is 5. The van der Waals surface area contributed by atoms with Gasteiger partial charge in [-0.3, -0.25) is 9.78 Å². The maximum absolute atomic E-state index is 13.9. The number of amides is 1. The Balaban J connectivity index is 1.58. The molecule has 1 aromatic carbocycles. The zero-order chi connectivity index (χ0) is 17.1. The van der Waals surface area contributed by atoms with Gasteiger partial charge >= 0.3 is 6.61 Å². The van der Waals surface area contributed by atoms with E-state index in [1.54, 1.807) is 24.5 Å². The summed E-state index contributed by atoms with van der Waals surface area (Å²) in [5.74, 6) is -1.12. The largest absolute Gasteiger partial charge is 0.487 e. The minimum absolute atomic E-state index is 0.180. The molecule has 0 bridgehead atoms. The fourth-order valence-electron chi connectivity index (χ4n) is 2.30. The topological polar surface area (TPSA) is 51.7 Å². The van der Waals surface area contributed by atoms with Crippen LogP contribution >= 0.6 is 0 Å². The monoisotopic (exact) mass is 338 g/mol. The molecule has 0 spiro atoms. The molecule has 126 valence electrons. The molecule has 0 atom stereocenters. The van der Waals surface area contributed by atoms with E-state index in [1.165, 1.54) is 4.90 Å². The van der Waals surface area contributed by atoms with Crippen molar-refractivity contribution in [1.29, 1.82) is 0 Å². The molecule has 0 aliphatic carbocycles. The van der Waals surface area contributed by atoms with E-state index < -0.39 is 18.3 Å². The lowest BCUT2D eigenvalue weighted by Gasteiger charge is -2.39. The highest BCUT2D eigenvalue weighted by molar-refractivity contribution is 5.95. The van der Waals surface area contributed by atoms with Gasteiger partial charge in [-0.1, -0.05) is 0 Å². The lowest BCUT2D eigenvalue weighted by atomic mass is 10.1. The van der Waals surface area contributed by atoms with Gasteiger partial charge in [-0.2, -0.15) is 8.78 Å². The average Bonchev–Trinajstić information content (AvgIpc) is 2.50. The van der Waals surface area contributed by atoms with Gasteiger partial charge in [0.05, 0.1) is 18.7 Å². The van der Waals surface area contributed by atoms with Gasteiger partial charge < -0.3 is 14.4 Å². The quantitative estimate of drug-likeness (QED) is 0.841. The molecule has 1 fully saturated rings. The summed E-state index contributed by atoms with van der Waals surface area (Å²) in [6, 6.07) is 6.43. The number of pyridine rings is 1. The standard InChI is InChI=1S/C16H13F3N2O3/c17-14-7-11(24-16(18)19)1-2-13(14)15(22)21-8-12(9-21)23-10-3-5-20-6-4-10/h1-7,12,16H,8-9H2. The maximum Gasteiger partial charge on any atom is 0.387 e.